The highest BCUT2D eigenvalue weighted by atomic mass is 79.9. The zero-order valence-electron chi connectivity index (χ0n) is 9.88. The van der Waals surface area contributed by atoms with E-state index in [1.165, 1.54) is 6.07 Å². The van der Waals surface area contributed by atoms with Crippen LogP contribution < -0.4 is 5.32 Å². The van der Waals surface area contributed by atoms with Gasteiger partial charge in [-0.25, -0.2) is 4.39 Å². The summed E-state index contributed by atoms with van der Waals surface area (Å²) >= 11 is 3.25. The molecule has 1 aliphatic rings. The van der Waals surface area contributed by atoms with E-state index in [-0.39, 0.29) is 5.82 Å². The molecule has 17 heavy (non-hydrogen) atoms. The second-order valence-corrected chi connectivity index (χ2v) is 5.28. The number of ether oxygens (including phenoxy) is 1. The minimum atomic E-state index is -0.160. The standard InChI is InChI=1S/C13H17BrFNO/c1-2-17-12-6-11(7-12)16-8-9-3-4-10(14)5-13(9)15/h3-5,11-12,16H,2,6-8H2,1H3. The Morgan fingerprint density at radius 3 is 2.88 bits per heavy atom. The maximum absolute atomic E-state index is 13.5. The molecule has 1 saturated carbocycles. The predicted octanol–water partition coefficient (Wildman–Crippen LogP) is 3.25. The molecule has 0 atom stereocenters. The lowest BCUT2D eigenvalue weighted by atomic mass is 9.89. The highest BCUT2D eigenvalue weighted by Crippen LogP contribution is 2.24. The first-order valence-electron chi connectivity index (χ1n) is 5.98. The number of hydrogen-bond acceptors (Lipinski definition) is 2. The molecule has 0 bridgehead atoms. The van der Waals surface area contributed by atoms with Gasteiger partial charge in [0, 0.05) is 29.2 Å². The van der Waals surface area contributed by atoms with Crippen LogP contribution in [0.5, 0.6) is 0 Å². The molecule has 0 spiro atoms. The van der Waals surface area contributed by atoms with Gasteiger partial charge < -0.3 is 10.1 Å². The van der Waals surface area contributed by atoms with Crippen molar-refractivity contribution in [1.82, 2.24) is 5.32 Å². The van der Waals surface area contributed by atoms with Crippen molar-refractivity contribution in [2.45, 2.75) is 38.5 Å². The fourth-order valence-electron chi connectivity index (χ4n) is 2.02. The van der Waals surface area contributed by atoms with E-state index >= 15 is 0 Å². The highest BCUT2D eigenvalue weighted by molar-refractivity contribution is 9.10. The van der Waals surface area contributed by atoms with Crippen LogP contribution >= 0.6 is 15.9 Å². The predicted molar refractivity (Wildman–Crippen MR) is 69.4 cm³/mol. The highest BCUT2D eigenvalue weighted by Gasteiger charge is 2.28. The van der Waals surface area contributed by atoms with Crippen LogP contribution in [0.15, 0.2) is 22.7 Å². The second kappa shape index (κ2) is 5.94. The summed E-state index contributed by atoms with van der Waals surface area (Å²) in [4.78, 5) is 0. The molecule has 0 saturated heterocycles. The van der Waals surface area contributed by atoms with Gasteiger partial charge in [0.2, 0.25) is 0 Å². The van der Waals surface area contributed by atoms with E-state index in [4.69, 9.17) is 4.74 Å². The van der Waals surface area contributed by atoms with Gasteiger partial charge in [-0.15, -0.1) is 0 Å². The lowest BCUT2D eigenvalue weighted by Crippen LogP contribution is -2.45. The van der Waals surface area contributed by atoms with Crippen LogP contribution in [-0.2, 0) is 11.3 Å². The van der Waals surface area contributed by atoms with Gasteiger partial charge in [0.1, 0.15) is 5.82 Å². The molecule has 0 radical (unpaired) electrons. The third-order valence-electron chi connectivity index (χ3n) is 3.09. The van der Waals surface area contributed by atoms with Crippen LogP contribution in [0.4, 0.5) is 4.39 Å². The van der Waals surface area contributed by atoms with Crippen molar-refractivity contribution in [3.05, 3.63) is 34.1 Å². The minimum absolute atomic E-state index is 0.160. The van der Waals surface area contributed by atoms with E-state index < -0.39 is 0 Å². The maximum Gasteiger partial charge on any atom is 0.128 e. The Balaban J connectivity index is 1.76. The summed E-state index contributed by atoms with van der Waals surface area (Å²) in [6, 6.07) is 5.64. The van der Waals surface area contributed by atoms with Gasteiger partial charge in [0.25, 0.3) is 0 Å². The fourth-order valence-corrected chi connectivity index (χ4v) is 2.36. The molecule has 0 unspecified atom stereocenters. The molecule has 0 heterocycles. The molecule has 1 aromatic carbocycles. The fraction of sp³-hybridized carbons (Fsp3) is 0.538. The molecule has 4 heteroatoms. The Bertz CT molecular complexity index is 380. The third-order valence-corrected chi connectivity index (χ3v) is 3.59. The number of rotatable bonds is 5. The zero-order valence-corrected chi connectivity index (χ0v) is 11.5. The number of hydrogen-bond donors (Lipinski definition) is 1. The van der Waals surface area contributed by atoms with Gasteiger partial charge in [0.05, 0.1) is 6.10 Å². The van der Waals surface area contributed by atoms with E-state index in [0.29, 0.717) is 24.3 Å². The average Bonchev–Trinajstić information content (AvgIpc) is 2.23. The van der Waals surface area contributed by atoms with Crippen molar-refractivity contribution in [2.24, 2.45) is 0 Å². The molecule has 1 fully saturated rings. The Hall–Kier alpha value is -0.450. The first kappa shape index (κ1) is 13.0. The lowest BCUT2D eigenvalue weighted by molar-refractivity contribution is -0.0102. The summed E-state index contributed by atoms with van der Waals surface area (Å²) in [5, 5.41) is 3.35. The Morgan fingerprint density at radius 1 is 1.47 bits per heavy atom. The summed E-state index contributed by atoms with van der Waals surface area (Å²) in [7, 11) is 0. The topological polar surface area (TPSA) is 21.3 Å². The molecule has 0 amide bonds. The molecular formula is C13H17BrFNO. The number of benzene rings is 1. The summed E-state index contributed by atoms with van der Waals surface area (Å²) < 4.78 is 19.8. The van der Waals surface area contributed by atoms with Crippen LogP contribution in [0.2, 0.25) is 0 Å². The minimum Gasteiger partial charge on any atom is -0.378 e. The van der Waals surface area contributed by atoms with Gasteiger partial charge in [-0.05, 0) is 31.9 Å². The average molecular weight is 302 g/mol. The molecule has 2 nitrogen and oxygen atoms in total. The van der Waals surface area contributed by atoms with Crippen molar-refractivity contribution in [3.8, 4) is 0 Å². The van der Waals surface area contributed by atoms with E-state index in [2.05, 4.69) is 21.2 Å². The van der Waals surface area contributed by atoms with Gasteiger partial charge in [-0.2, -0.15) is 0 Å². The monoisotopic (exact) mass is 301 g/mol. The number of nitrogens with one attached hydrogen (secondary N) is 1. The zero-order chi connectivity index (χ0) is 12.3. The molecule has 0 aromatic heterocycles. The Morgan fingerprint density at radius 2 is 2.24 bits per heavy atom. The quantitative estimate of drug-likeness (QED) is 0.901. The second-order valence-electron chi connectivity index (χ2n) is 4.36. The van der Waals surface area contributed by atoms with Gasteiger partial charge in [0.15, 0.2) is 0 Å². The van der Waals surface area contributed by atoms with E-state index in [9.17, 15) is 4.39 Å². The van der Waals surface area contributed by atoms with Crippen molar-refractivity contribution in [2.75, 3.05) is 6.61 Å². The van der Waals surface area contributed by atoms with Gasteiger partial charge in [-0.1, -0.05) is 22.0 Å². The van der Waals surface area contributed by atoms with Crippen LogP contribution in [-0.4, -0.2) is 18.8 Å². The van der Waals surface area contributed by atoms with E-state index in [0.717, 1.165) is 23.9 Å². The molecule has 0 aliphatic heterocycles. The number of halogens is 2. The molecule has 94 valence electrons. The summed E-state index contributed by atoms with van der Waals surface area (Å²) in [6.45, 7) is 3.37. The van der Waals surface area contributed by atoms with Crippen molar-refractivity contribution in [1.29, 1.82) is 0 Å². The van der Waals surface area contributed by atoms with Crippen molar-refractivity contribution in [3.63, 3.8) is 0 Å². The Kier molecular flexibility index (Phi) is 4.54. The van der Waals surface area contributed by atoms with Crippen LogP contribution in [0.3, 0.4) is 0 Å². The first-order chi connectivity index (χ1) is 8.19. The molecule has 1 aliphatic carbocycles. The van der Waals surface area contributed by atoms with Crippen LogP contribution in [0, 0.1) is 5.82 Å². The van der Waals surface area contributed by atoms with E-state index in [1.807, 2.05) is 19.1 Å². The summed E-state index contributed by atoms with van der Waals surface area (Å²) in [5.41, 5.74) is 0.716. The van der Waals surface area contributed by atoms with Crippen LogP contribution in [0.1, 0.15) is 25.3 Å². The maximum atomic E-state index is 13.5. The first-order valence-corrected chi connectivity index (χ1v) is 6.77. The smallest absolute Gasteiger partial charge is 0.128 e. The van der Waals surface area contributed by atoms with Gasteiger partial charge >= 0.3 is 0 Å². The molecular weight excluding hydrogens is 285 g/mol. The SMILES string of the molecule is CCOC1CC(NCc2ccc(Br)cc2F)C1. The summed E-state index contributed by atoms with van der Waals surface area (Å²) in [6.07, 6.45) is 2.46. The van der Waals surface area contributed by atoms with Crippen molar-refractivity contribution >= 4 is 15.9 Å². The normalized spacial score (nSPS) is 23.5. The third kappa shape index (κ3) is 3.50. The van der Waals surface area contributed by atoms with E-state index in [1.54, 1.807) is 0 Å². The van der Waals surface area contributed by atoms with Crippen LogP contribution in [0.25, 0.3) is 0 Å². The van der Waals surface area contributed by atoms with Crippen molar-refractivity contribution < 1.29 is 9.13 Å². The lowest BCUT2D eigenvalue weighted by Gasteiger charge is -2.35. The molecule has 2 rings (SSSR count). The molecule has 1 N–H and O–H groups in total. The largest absolute Gasteiger partial charge is 0.378 e. The molecule has 1 aromatic rings. The Labute approximate surface area is 110 Å². The summed E-state index contributed by atoms with van der Waals surface area (Å²) in [5.74, 6) is -0.160. The van der Waals surface area contributed by atoms with Gasteiger partial charge in [-0.3, -0.25) is 0 Å².